The van der Waals surface area contributed by atoms with Gasteiger partial charge >= 0.3 is 21.6 Å². The Balaban J connectivity index is 3.41. The van der Waals surface area contributed by atoms with Crippen molar-refractivity contribution >= 4 is 16.1 Å². The fourth-order valence-electron chi connectivity index (χ4n) is 1.61. The number of hydrogen-bond donors (Lipinski definition) is 1. The molecule has 0 bridgehead atoms. The highest BCUT2D eigenvalue weighted by Crippen LogP contribution is 2.31. The zero-order valence-corrected chi connectivity index (χ0v) is 11.3. The SMILES string of the molecule is CCc1ccc(OS(=O)(=O)C(F)(F)F)c(C(=O)O)c1C. The minimum absolute atomic E-state index is 0.162. The highest BCUT2D eigenvalue weighted by molar-refractivity contribution is 7.88. The Kier molecular flexibility index (Phi) is 4.33. The van der Waals surface area contributed by atoms with Crippen molar-refractivity contribution in [3.63, 3.8) is 0 Å². The van der Waals surface area contributed by atoms with Crippen molar-refractivity contribution in [1.29, 1.82) is 0 Å². The zero-order chi connectivity index (χ0) is 15.7. The number of aromatic carboxylic acids is 1. The number of hydrogen-bond acceptors (Lipinski definition) is 4. The van der Waals surface area contributed by atoms with Crippen LogP contribution in [0.1, 0.15) is 28.4 Å². The van der Waals surface area contributed by atoms with Gasteiger partial charge in [-0.25, -0.2) is 4.79 Å². The number of carboxylic acids is 1. The molecule has 0 saturated heterocycles. The summed E-state index contributed by atoms with van der Waals surface area (Å²) in [4.78, 5) is 11.1. The van der Waals surface area contributed by atoms with Gasteiger partial charge in [-0.05, 0) is 30.5 Å². The number of rotatable bonds is 4. The van der Waals surface area contributed by atoms with E-state index in [1.165, 1.54) is 13.0 Å². The lowest BCUT2D eigenvalue weighted by molar-refractivity contribution is -0.0500. The fourth-order valence-corrected chi connectivity index (χ4v) is 2.08. The molecule has 0 amide bonds. The maximum absolute atomic E-state index is 12.2. The molecule has 112 valence electrons. The molecule has 9 heteroatoms. The first kappa shape index (κ1) is 16.3. The molecule has 0 aliphatic heterocycles. The average Bonchev–Trinajstić information content (AvgIpc) is 2.26. The predicted molar refractivity (Wildman–Crippen MR) is 63.1 cm³/mol. The second-order valence-corrected chi connectivity index (χ2v) is 5.40. The van der Waals surface area contributed by atoms with E-state index in [2.05, 4.69) is 4.18 Å². The van der Waals surface area contributed by atoms with Crippen LogP contribution in [0.4, 0.5) is 13.2 Å². The molecule has 0 aliphatic carbocycles. The quantitative estimate of drug-likeness (QED) is 0.682. The average molecular weight is 312 g/mol. The second kappa shape index (κ2) is 5.31. The predicted octanol–water partition coefficient (Wildman–Crippen LogP) is 2.48. The van der Waals surface area contributed by atoms with E-state index in [0.717, 1.165) is 6.07 Å². The largest absolute Gasteiger partial charge is 0.534 e. The lowest BCUT2D eigenvalue weighted by Crippen LogP contribution is -2.28. The van der Waals surface area contributed by atoms with Gasteiger partial charge in [0.25, 0.3) is 0 Å². The van der Waals surface area contributed by atoms with Crippen molar-refractivity contribution in [2.75, 3.05) is 0 Å². The van der Waals surface area contributed by atoms with Crippen LogP contribution in [-0.2, 0) is 16.5 Å². The molecule has 0 aliphatic rings. The molecule has 0 fully saturated rings. The Labute approximate surface area is 113 Å². The first-order chi connectivity index (χ1) is 9.01. The van der Waals surface area contributed by atoms with Crippen LogP contribution in [0.15, 0.2) is 12.1 Å². The summed E-state index contributed by atoms with van der Waals surface area (Å²) in [7, 11) is -5.91. The standard InChI is InChI=1S/C11H11F3O5S/c1-3-7-4-5-8(9(6(7)2)10(15)16)19-20(17,18)11(12,13)14/h4-5H,3H2,1-2H3,(H,15,16). The van der Waals surface area contributed by atoms with Crippen molar-refractivity contribution in [2.45, 2.75) is 25.8 Å². The Morgan fingerprint density at radius 2 is 1.90 bits per heavy atom. The third kappa shape index (κ3) is 3.03. The van der Waals surface area contributed by atoms with E-state index in [1.807, 2.05) is 0 Å². The van der Waals surface area contributed by atoms with Crippen molar-refractivity contribution in [3.8, 4) is 5.75 Å². The molecule has 0 aromatic heterocycles. The van der Waals surface area contributed by atoms with Crippen LogP contribution in [-0.4, -0.2) is 25.0 Å². The highest BCUT2D eigenvalue weighted by Gasteiger charge is 2.49. The summed E-state index contributed by atoms with van der Waals surface area (Å²) in [6, 6.07) is 2.22. The lowest BCUT2D eigenvalue weighted by Gasteiger charge is -2.14. The minimum Gasteiger partial charge on any atom is -0.478 e. The summed E-state index contributed by atoms with van der Waals surface area (Å²) in [6.07, 6.45) is 0.443. The monoisotopic (exact) mass is 312 g/mol. The maximum Gasteiger partial charge on any atom is 0.534 e. The van der Waals surface area contributed by atoms with Gasteiger partial charge in [-0.15, -0.1) is 0 Å². The van der Waals surface area contributed by atoms with Crippen LogP contribution in [0, 0.1) is 6.92 Å². The molecule has 0 heterocycles. The van der Waals surface area contributed by atoms with Gasteiger partial charge in [0.1, 0.15) is 5.56 Å². The fraction of sp³-hybridized carbons (Fsp3) is 0.364. The first-order valence-electron chi connectivity index (χ1n) is 5.37. The van der Waals surface area contributed by atoms with Crippen LogP contribution < -0.4 is 4.18 Å². The summed E-state index contributed by atoms with van der Waals surface area (Å²) in [6.45, 7) is 3.09. The number of halogens is 3. The Bertz CT molecular complexity index is 634. The van der Waals surface area contributed by atoms with Crippen LogP contribution in [0.5, 0.6) is 5.75 Å². The molecule has 1 rings (SSSR count). The number of alkyl halides is 3. The number of benzene rings is 1. The van der Waals surface area contributed by atoms with Gasteiger partial charge < -0.3 is 9.29 Å². The molecule has 5 nitrogen and oxygen atoms in total. The second-order valence-electron chi connectivity index (χ2n) is 3.86. The molecule has 0 atom stereocenters. The molecule has 0 spiro atoms. The minimum atomic E-state index is -5.91. The normalized spacial score (nSPS) is 12.2. The smallest absolute Gasteiger partial charge is 0.478 e. The van der Waals surface area contributed by atoms with Gasteiger partial charge in [-0.1, -0.05) is 13.0 Å². The van der Waals surface area contributed by atoms with E-state index in [0.29, 0.717) is 12.0 Å². The van der Waals surface area contributed by atoms with Gasteiger partial charge in [0.2, 0.25) is 0 Å². The molecule has 1 aromatic rings. The van der Waals surface area contributed by atoms with E-state index >= 15 is 0 Å². The van der Waals surface area contributed by atoms with Gasteiger partial charge in [0, 0.05) is 0 Å². The van der Waals surface area contributed by atoms with E-state index in [-0.39, 0.29) is 5.56 Å². The van der Waals surface area contributed by atoms with E-state index in [1.54, 1.807) is 6.92 Å². The Morgan fingerprint density at radius 1 is 1.35 bits per heavy atom. The van der Waals surface area contributed by atoms with Crippen molar-refractivity contribution in [2.24, 2.45) is 0 Å². The number of carbonyl (C=O) groups is 1. The summed E-state index contributed by atoms with van der Waals surface area (Å²) < 4.78 is 62.5. The van der Waals surface area contributed by atoms with Crippen molar-refractivity contribution in [3.05, 3.63) is 28.8 Å². The molecule has 0 unspecified atom stereocenters. The third-order valence-electron chi connectivity index (χ3n) is 2.62. The van der Waals surface area contributed by atoms with Gasteiger partial charge in [0.15, 0.2) is 5.75 Å². The van der Waals surface area contributed by atoms with Crippen molar-refractivity contribution in [1.82, 2.24) is 0 Å². The van der Waals surface area contributed by atoms with E-state index in [9.17, 15) is 26.4 Å². The van der Waals surface area contributed by atoms with Gasteiger partial charge in [-0.2, -0.15) is 21.6 Å². The highest BCUT2D eigenvalue weighted by atomic mass is 32.2. The van der Waals surface area contributed by atoms with Crippen LogP contribution in [0.25, 0.3) is 0 Å². The van der Waals surface area contributed by atoms with Crippen LogP contribution in [0.3, 0.4) is 0 Å². The molecular formula is C11H11F3O5S. The molecule has 20 heavy (non-hydrogen) atoms. The van der Waals surface area contributed by atoms with E-state index < -0.39 is 32.9 Å². The molecule has 1 aromatic carbocycles. The van der Waals surface area contributed by atoms with Crippen LogP contribution >= 0.6 is 0 Å². The number of carboxylic acid groups (broad SMARTS) is 1. The molecule has 0 saturated carbocycles. The van der Waals surface area contributed by atoms with Gasteiger partial charge in [0.05, 0.1) is 0 Å². The lowest BCUT2D eigenvalue weighted by atomic mass is 10.00. The Hall–Kier alpha value is -1.77. The summed E-state index contributed by atoms with van der Waals surface area (Å²) in [5.74, 6) is -2.42. The van der Waals surface area contributed by atoms with E-state index in [4.69, 9.17) is 5.11 Å². The topological polar surface area (TPSA) is 80.7 Å². The van der Waals surface area contributed by atoms with Gasteiger partial charge in [-0.3, -0.25) is 0 Å². The zero-order valence-electron chi connectivity index (χ0n) is 10.5. The Morgan fingerprint density at radius 3 is 2.30 bits per heavy atom. The summed E-state index contributed by atoms with van der Waals surface area (Å²) in [5.41, 5.74) is -5.49. The molecular weight excluding hydrogens is 301 g/mol. The van der Waals surface area contributed by atoms with Crippen LogP contribution in [0.2, 0.25) is 0 Å². The molecule has 1 N–H and O–H groups in total. The molecule has 0 radical (unpaired) electrons. The number of aryl methyl sites for hydroxylation is 1. The third-order valence-corrected chi connectivity index (χ3v) is 3.58. The summed E-state index contributed by atoms with van der Waals surface area (Å²) in [5, 5.41) is 9.01. The maximum atomic E-state index is 12.2. The summed E-state index contributed by atoms with van der Waals surface area (Å²) >= 11 is 0. The first-order valence-corrected chi connectivity index (χ1v) is 6.78. The van der Waals surface area contributed by atoms with Crippen molar-refractivity contribution < 1.29 is 35.7 Å².